The Hall–Kier alpha value is -4.94. The summed E-state index contributed by atoms with van der Waals surface area (Å²) < 4.78 is 73.4. The van der Waals surface area contributed by atoms with E-state index in [4.69, 9.17) is 10.8 Å². The molecule has 4 rings (SSSR count). The average Bonchev–Trinajstić information content (AvgIpc) is 2.89. The molecule has 4 aromatic rings. The van der Waals surface area contributed by atoms with Gasteiger partial charge in [-0.15, -0.1) is 0 Å². The van der Waals surface area contributed by atoms with Crippen LogP contribution in [0, 0.1) is 13.8 Å². The summed E-state index contributed by atoms with van der Waals surface area (Å²) >= 11 is 0. The van der Waals surface area contributed by atoms with Crippen molar-refractivity contribution in [1.82, 2.24) is 9.97 Å². The molecule has 2 heterocycles. The second-order valence-corrected chi connectivity index (χ2v) is 8.34. The maximum absolute atomic E-state index is 12.5. The van der Waals surface area contributed by atoms with E-state index in [1.54, 1.807) is 25.1 Å². The molecule has 1 amide bonds. The maximum atomic E-state index is 12.5. The smallest absolute Gasteiger partial charge is 0.416 e. The Bertz CT molecular complexity index is 1460. The van der Waals surface area contributed by atoms with Crippen LogP contribution < -0.4 is 11.1 Å². The number of carbonyl (C=O) groups excluding carboxylic acids is 1. The summed E-state index contributed by atoms with van der Waals surface area (Å²) in [6.45, 7) is 3.58. The molecule has 0 spiro atoms. The van der Waals surface area contributed by atoms with E-state index >= 15 is 0 Å². The molecule has 0 radical (unpaired) electrons. The second-order valence-electron chi connectivity index (χ2n) is 8.34. The van der Waals surface area contributed by atoms with E-state index in [1.807, 2.05) is 6.92 Å². The van der Waals surface area contributed by atoms with Crippen molar-refractivity contribution in [3.8, 4) is 0 Å². The minimum Gasteiger partial charge on any atom is -0.478 e. The number of aromatic nitrogens is 2. The molecule has 0 aliphatic heterocycles. The number of amides is 1. The molecule has 2 aromatic carbocycles. The molecule has 0 aliphatic rings. The third kappa shape index (κ3) is 11.0. The van der Waals surface area contributed by atoms with Crippen LogP contribution in [-0.2, 0) is 12.4 Å². The molecule has 0 unspecified atom stereocenters. The molecule has 0 saturated heterocycles. The number of carboxylic acids is 1. The van der Waals surface area contributed by atoms with Crippen molar-refractivity contribution in [2.24, 2.45) is 0 Å². The Balaban J connectivity index is 0.000000236. The van der Waals surface area contributed by atoms with Gasteiger partial charge in [-0.05, 0) is 74.5 Å². The van der Waals surface area contributed by atoms with Gasteiger partial charge < -0.3 is 16.2 Å². The van der Waals surface area contributed by atoms with Crippen molar-refractivity contribution in [2.45, 2.75) is 26.2 Å². The predicted molar refractivity (Wildman–Crippen MR) is 140 cm³/mol. The lowest BCUT2D eigenvalue weighted by molar-refractivity contribution is -0.138. The summed E-state index contributed by atoms with van der Waals surface area (Å²) in [4.78, 5) is 29.9. The number of alkyl halides is 6. The Kier molecular flexibility index (Phi) is 11.0. The van der Waals surface area contributed by atoms with Crippen LogP contribution in [0.3, 0.4) is 0 Å². The first-order valence-electron chi connectivity index (χ1n) is 11.6. The molecule has 0 bridgehead atoms. The number of hydrogen-bond acceptors (Lipinski definition) is 5. The molecule has 0 fully saturated rings. The monoisotopic (exact) mass is 578 g/mol. The number of carboxylic acid groups (broad SMARTS) is 1. The normalized spacial score (nSPS) is 10.8. The molecule has 41 heavy (non-hydrogen) atoms. The molecule has 7 nitrogen and oxygen atoms in total. The predicted octanol–water partition coefficient (Wildman–Crippen LogP) is 7.04. The van der Waals surface area contributed by atoms with Gasteiger partial charge in [0.2, 0.25) is 0 Å². The Morgan fingerprint density at radius 2 is 1.22 bits per heavy atom. The topological polar surface area (TPSA) is 118 Å². The van der Waals surface area contributed by atoms with Crippen LogP contribution >= 0.6 is 0 Å². The Morgan fingerprint density at radius 1 is 0.732 bits per heavy atom. The number of nitrogens with zero attached hydrogens (tertiary/aromatic N) is 2. The summed E-state index contributed by atoms with van der Waals surface area (Å²) in [5, 5.41) is 10.8. The number of aryl methyl sites for hydroxylation is 2. The number of nitrogen functional groups attached to an aromatic ring is 1. The number of rotatable bonds is 3. The molecule has 0 saturated carbocycles. The number of pyridine rings is 2. The van der Waals surface area contributed by atoms with Gasteiger partial charge in [0.15, 0.2) is 0 Å². The highest BCUT2D eigenvalue weighted by atomic mass is 19.4. The second kappa shape index (κ2) is 13.9. The van der Waals surface area contributed by atoms with Gasteiger partial charge in [-0.25, -0.2) is 4.79 Å². The fraction of sp³-hybridized carbons (Fsp3) is 0.143. The van der Waals surface area contributed by atoms with Crippen LogP contribution in [0.15, 0.2) is 85.2 Å². The Labute approximate surface area is 230 Å². The number of nitrogens with one attached hydrogen (secondary N) is 1. The summed E-state index contributed by atoms with van der Waals surface area (Å²) in [6.07, 6.45) is -6.02. The van der Waals surface area contributed by atoms with Gasteiger partial charge in [0.25, 0.3) is 5.91 Å². The Morgan fingerprint density at radius 3 is 1.63 bits per heavy atom. The standard InChI is InChI=1S/C14H11F3N2O.C7H6F3N.C7H7NO2/c1-9-5-6-10(8-18-9)13(20)19-12-4-2-3-11(7-12)14(15,16)17;8-7(9,10)5-2-1-3-6(11)4-5;1-5-2-3-6(4-8-5)7(9)10/h2-8H,1H3,(H,19,20);1-4H,11H2;2-4H,1H3,(H,9,10). The SMILES string of the molecule is Cc1ccc(C(=O)Nc2cccc(C(F)(F)F)c2)cn1.Cc1ccc(C(=O)O)cn1.Nc1cccc(C(F)(F)F)c1. The van der Waals surface area contributed by atoms with Gasteiger partial charge in [-0.2, -0.15) is 26.3 Å². The number of benzene rings is 2. The lowest BCUT2D eigenvalue weighted by Crippen LogP contribution is -2.13. The van der Waals surface area contributed by atoms with E-state index in [9.17, 15) is 35.9 Å². The van der Waals surface area contributed by atoms with E-state index in [0.717, 1.165) is 35.7 Å². The van der Waals surface area contributed by atoms with Crippen molar-refractivity contribution in [3.63, 3.8) is 0 Å². The van der Waals surface area contributed by atoms with Crippen LogP contribution in [0.2, 0.25) is 0 Å². The van der Waals surface area contributed by atoms with E-state index in [1.165, 1.54) is 42.7 Å². The molecule has 2 aromatic heterocycles. The number of aromatic carboxylic acids is 1. The molecule has 0 aliphatic carbocycles. The van der Waals surface area contributed by atoms with Crippen molar-refractivity contribution in [3.05, 3.63) is 119 Å². The van der Waals surface area contributed by atoms with E-state index in [0.29, 0.717) is 0 Å². The number of anilines is 2. The fourth-order valence-corrected chi connectivity index (χ4v) is 2.89. The van der Waals surface area contributed by atoms with Crippen molar-refractivity contribution < 1.29 is 41.0 Å². The molecule has 13 heteroatoms. The van der Waals surface area contributed by atoms with Gasteiger partial charge in [-0.1, -0.05) is 12.1 Å². The third-order valence-electron chi connectivity index (χ3n) is 4.99. The van der Waals surface area contributed by atoms with Crippen LogP contribution in [0.4, 0.5) is 37.7 Å². The summed E-state index contributed by atoms with van der Waals surface area (Å²) in [5.41, 5.74) is 5.94. The van der Waals surface area contributed by atoms with E-state index in [2.05, 4.69) is 15.3 Å². The first-order chi connectivity index (χ1) is 19.1. The minimum atomic E-state index is -4.44. The highest BCUT2D eigenvalue weighted by Crippen LogP contribution is 2.31. The molecule has 216 valence electrons. The van der Waals surface area contributed by atoms with Gasteiger partial charge in [0.05, 0.1) is 22.3 Å². The van der Waals surface area contributed by atoms with E-state index < -0.39 is 35.4 Å². The zero-order valence-corrected chi connectivity index (χ0v) is 21.6. The number of halogens is 6. The summed E-state index contributed by atoms with van der Waals surface area (Å²) in [5.74, 6) is -1.44. The van der Waals surface area contributed by atoms with Crippen LogP contribution in [0.5, 0.6) is 0 Å². The molecular weight excluding hydrogens is 554 g/mol. The number of carbonyl (C=O) groups is 2. The minimum absolute atomic E-state index is 0.0883. The van der Waals surface area contributed by atoms with Gasteiger partial charge in [0.1, 0.15) is 0 Å². The first-order valence-corrected chi connectivity index (χ1v) is 11.6. The molecular formula is C28H24F6N4O3. The largest absolute Gasteiger partial charge is 0.478 e. The summed E-state index contributed by atoms with van der Waals surface area (Å²) in [6, 6.07) is 15.5. The number of nitrogens with two attached hydrogens (primary N) is 1. The highest BCUT2D eigenvalue weighted by Gasteiger charge is 2.31. The fourth-order valence-electron chi connectivity index (χ4n) is 2.89. The van der Waals surface area contributed by atoms with Gasteiger partial charge in [-0.3, -0.25) is 14.8 Å². The van der Waals surface area contributed by atoms with Gasteiger partial charge >= 0.3 is 18.3 Å². The molecule has 0 atom stereocenters. The lowest BCUT2D eigenvalue weighted by atomic mass is 10.2. The van der Waals surface area contributed by atoms with Gasteiger partial charge in [0, 0.05) is 35.2 Å². The first kappa shape index (κ1) is 32.3. The quantitative estimate of drug-likeness (QED) is 0.177. The highest BCUT2D eigenvalue weighted by molar-refractivity contribution is 6.04. The van der Waals surface area contributed by atoms with Crippen LogP contribution in [-0.4, -0.2) is 27.0 Å². The third-order valence-corrected chi connectivity index (χ3v) is 4.99. The summed E-state index contributed by atoms with van der Waals surface area (Å²) in [7, 11) is 0. The van der Waals surface area contributed by atoms with Crippen LogP contribution in [0.1, 0.15) is 43.2 Å². The average molecular weight is 579 g/mol. The maximum Gasteiger partial charge on any atom is 0.416 e. The molecule has 4 N–H and O–H groups in total. The van der Waals surface area contributed by atoms with Crippen molar-refractivity contribution in [2.75, 3.05) is 11.1 Å². The van der Waals surface area contributed by atoms with Crippen LogP contribution in [0.25, 0.3) is 0 Å². The zero-order valence-electron chi connectivity index (χ0n) is 21.6. The van der Waals surface area contributed by atoms with Crippen molar-refractivity contribution in [1.29, 1.82) is 0 Å². The lowest BCUT2D eigenvalue weighted by Gasteiger charge is -2.09. The zero-order chi connectivity index (χ0) is 30.8. The van der Waals surface area contributed by atoms with E-state index in [-0.39, 0.29) is 22.5 Å². The number of hydrogen-bond donors (Lipinski definition) is 3. The van der Waals surface area contributed by atoms with Crippen molar-refractivity contribution >= 4 is 23.3 Å².